The van der Waals surface area contributed by atoms with Gasteiger partial charge in [0.2, 0.25) is 5.91 Å². The molecule has 1 amide bonds. The molecular weight excluding hydrogens is 274 g/mol. The molecule has 1 aromatic rings. The van der Waals surface area contributed by atoms with Gasteiger partial charge in [-0.15, -0.1) is 0 Å². The van der Waals surface area contributed by atoms with Gasteiger partial charge in [-0.1, -0.05) is 11.6 Å². The van der Waals surface area contributed by atoms with Crippen LogP contribution in [-0.4, -0.2) is 25.0 Å². The summed E-state index contributed by atoms with van der Waals surface area (Å²) in [6.45, 7) is 1.83. The van der Waals surface area contributed by atoms with Crippen LogP contribution in [0, 0.1) is 5.92 Å². The van der Waals surface area contributed by atoms with Crippen LogP contribution < -0.4 is 16.0 Å². The third-order valence-electron chi connectivity index (χ3n) is 3.89. The monoisotopic (exact) mass is 293 g/mol. The second-order valence-corrected chi connectivity index (χ2v) is 6.06. The van der Waals surface area contributed by atoms with E-state index in [1.54, 1.807) is 0 Å². The molecule has 4 nitrogen and oxygen atoms in total. The number of nitrogens with one attached hydrogen (secondary N) is 3. The average molecular weight is 294 g/mol. The minimum absolute atomic E-state index is 0.101. The van der Waals surface area contributed by atoms with E-state index >= 15 is 0 Å². The van der Waals surface area contributed by atoms with E-state index in [2.05, 4.69) is 16.0 Å². The molecule has 0 unspecified atom stereocenters. The first kappa shape index (κ1) is 13.7. The van der Waals surface area contributed by atoms with Gasteiger partial charge in [-0.05, 0) is 57.0 Å². The Bertz CT molecular complexity index is 496. The van der Waals surface area contributed by atoms with Crippen molar-refractivity contribution in [1.29, 1.82) is 0 Å². The molecular formula is C15H20ClN3O. The maximum absolute atomic E-state index is 12.3. The Balaban J connectivity index is 1.70. The van der Waals surface area contributed by atoms with Crippen LogP contribution in [0.4, 0.5) is 11.4 Å². The zero-order chi connectivity index (χ0) is 13.9. The highest BCUT2D eigenvalue weighted by atomic mass is 35.5. The lowest BCUT2D eigenvalue weighted by molar-refractivity contribution is -0.120. The zero-order valence-corrected chi connectivity index (χ0v) is 12.2. The highest BCUT2D eigenvalue weighted by Gasteiger charge is 2.24. The standard InChI is InChI=1S/C15H20ClN3O/c16-11-1-4-13(18-12-2-3-12)14(9-11)19-15(20)10-5-7-17-8-6-10/h1,4,9-10,12,17-18H,2-3,5-8H2,(H,19,20). The van der Waals surface area contributed by atoms with E-state index in [1.807, 2.05) is 18.2 Å². The molecule has 2 fully saturated rings. The molecule has 1 heterocycles. The summed E-state index contributed by atoms with van der Waals surface area (Å²) in [6, 6.07) is 6.17. The van der Waals surface area contributed by atoms with Crippen molar-refractivity contribution in [2.75, 3.05) is 23.7 Å². The van der Waals surface area contributed by atoms with Crippen molar-refractivity contribution >= 4 is 28.9 Å². The Morgan fingerprint density at radius 3 is 2.60 bits per heavy atom. The minimum Gasteiger partial charge on any atom is -0.381 e. The van der Waals surface area contributed by atoms with Gasteiger partial charge in [-0.3, -0.25) is 4.79 Å². The maximum Gasteiger partial charge on any atom is 0.227 e. The summed E-state index contributed by atoms with van der Waals surface area (Å²) < 4.78 is 0. The normalized spacial score (nSPS) is 19.6. The summed E-state index contributed by atoms with van der Waals surface area (Å²) in [5.41, 5.74) is 1.77. The largest absolute Gasteiger partial charge is 0.381 e. The van der Waals surface area contributed by atoms with Crippen molar-refractivity contribution in [3.8, 4) is 0 Å². The summed E-state index contributed by atoms with van der Waals surface area (Å²) in [5.74, 6) is 0.205. The Hall–Kier alpha value is -1.26. The smallest absolute Gasteiger partial charge is 0.227 e. The predicted octanol–water partition coefficient (Wildman–Crippen LogP) is 2.85. The topological polar surface area (TPSA) is 53.2 Å². The molecule has 1 aromatic carbocycles. The number of amides is 1. The van der Waals surface area contributed by atoms with E-state index in [-0.39, 0.29) is 11.8 Å². The fraction of sp³-hybridized carbons (Fsp3) is 0.533. The fourth-order valence-corrected chi connectivity index (χ4v) is 2.68. The molecule has 1 aliphatic carbocycles. The molecule has 0 bridgehead atoms. The van der Waals surface area contributed by atoms with E-state index in [0.29, 0.717) is 11.1 Å². The second-order valence-electron chi connectivity index (χ2n) is 5.62. The molecule has 0 aromatic heterocycles. The summed E-state index contributed by atoms with van der Waals surface area (Å²) >= 11 is 6.05. The van der Waals surface area contributed by atoms with E-state index in [9.17, 15) is 4.79 Å². The Labute approximate surface area is 124 Å². The van der Waals surface area contributed by atoms with Crippen molar-refractivity contribution in [3.63, 3.8) is 0 Å². The van der Waals surface area contributed by atoms with Gasteiger partial charge < -0.3 is 16.0 Å². The number of hydrogen-bond acceptors (Lipinski definition) is 3. The molecule has 3 N–H and O–H groups in total. The number of benzene rings is 1. The van der Waals surface area contributed by atoms with Crippen LogP contribution in [-0.2, 0) is 4.79 Å². The molecule has 3 rings (SSSR count). The van der Waals surface area contributed by atoms with Gasteiger partial charge in [0.15, 0.2) is 0 Å². The number of halogens is 1. The SMILES string of the molecule is O=C(Nc1cc(Cl)ccc1NC1CC1)C1CCNCC1. The molecule has 1 saturated heterocycles. The zero-order valence-electron chi connectivity index (χ0n) is 11.4. The number of piperidine rings is 1. The summed E-state index contributed by atoms with van der Waals surface area (Å²) in [5, 5.41) is 10.4. The number of rotatable bonds is 4. The molecule has 1 saturated carbocycles. The van der Waals surface area contributed by atoms with Gasteiger partial charge in [-0.2, -0.15) is 0 Å². The van der Waals surface area contributed by atoms with Crippen LogP contribution in [0.3, 0.4) is 0 Å². The number of carbonyl (C=O) groups is 1. The van der Waals surface area contributed by atoms with Gasteiger partial charge in [0, 0.05) is 17.0 Å². The lowest BCUT2D eigenvalue weighted by Gasteiger charge is -2.22. The first-order chi connectivity index (χ1) is 9.72. The molecule has 20 heavy (non-hydrogen) atoms. The first-order valence-corrected chi connectivity index (χ1v) is 7.68. The predicted molar refractivity (Wildman–Crippen MR) is 82.3 cm³/mol. The third-order valence-corrected chi connectivity index (χ3v) is 4.12. The van der Waals surface area contributed by atoms with Crippen molar-refractivity contribution in [2.45, 2.75) is 31.7 Å². The first-order valence-electron chi connectivity index (χ1n) is 7.30. The van der Waals surface area contributed by atoms with Gasteiger partial charge in [0.25, 0.3) is 0 Å². The Kier molecular flexibility index (Phi) is 4.13. The lowest BCUT2D eigenvalue weighted by Crippen LogP contribution is -2.34. The third kappa shape index (κ3) is 3.44. The Morgan fingerprint density at radius 2 is 1.90 bits per heavy atom. The van der Waals surface area contributed by atoms with Crippen LogP contribution in [0.2, 0.25) is 5.02 Å². The summed E-state index contributed by atoms with van der Waals surface area (Å²) in [4.78, 5) is 12.3. The van der Waals surface area contributed by atoms with Gasteiger partial charge in [0.1, 0.15) is 0 Å². The van der Waals surface area contributed by atoms with Crippen LogP contribution >= 0.6 is 11.6 Å². The van der Waals surface area contributed by atoms with Crippen molar-refractivity contribution in [3.05, 3.63) is 23.2 Å². The highest BCUT2D eigenvalue weighted by molar-refractivity contribution is 6.31. The second kappa shape index (κ2) is 6.02. The quantitative estimate of drug-likeness (QED) is 0.800. The molecule has 0 radical (unpaired) electrons. The van der Waals surface area contributed by atoms with Crippen LogP contribution in [0.15, 0.2) is 18.2 Å². The molecule has 1 aliphatic heterocycles. The summed E-state index contributed by atoms with van der Waals surface area (Å²) in [7, 11) is 0. The average Bonchev–Trinajstić information content (AvgIpc) is 3.27. The van der Waals surface area contributed by atoms with E-state index in [0.717, 1.165) is 37.3 Å². The van der Waals surface area contributed by atoms with Crippen molar-refractivity contribution in [2.24, 2.45) is 5.92 Å². The number of carbonyl (C=O) groups excluding carboxylic acids is 1. The molecule has 2 aliphatic rings. The Morgan fingerprint density at radius 1 is 1.15 bits per heavy atom. The van der Waals surface area contributed by atoms with Crippen LogP contribution in [0.5, 0.6) is 0 Å². The molecule has 0 spiro atoms. The highest BCUT2D eigenvalue weighted by Crippen LogP contribution is 2.32. The van der Waals surface area contributed by atoms with Gasteiger partial charge in [0.05, 0.1) is 11.4 Å². The van der Waals surface area contributed by atoms with Crippen molar-refractivity contribution < 1.29 is 4.79 Å². The minimum atomic E-state index is 0.101. The molecule has 108 valence electrons. The summed E-state index contributed by atoms with van der Waals surface area (Å²) in [6.07, 6.45) is 4.20. The maximum atomic E-state index is 12.3. The van der Waals surface area contributed by atoms with E-state index in [4.69, 9.17) is 11.6 Å². The number of hydrogen-bond donors (Lipinski definition) is 3. The fourth-order valence-electron chi connectivity index (χ4n) is 2.51. The van der Waals surface area contributed by atoms with E-state index < -0.39 is 0 Å². The number of anilines is 2. The van der Waals surface area contributed by atoms with Gasteiger partial charge >= 0.3 is 0 Å². The molecule has 0 atom stereocenters. The van der Waals surface area contributed by atoms with Crippen LogP contribution in [0.1, 0.15) is 25.7 Å². The van der Waals surface area contributed by atoms with Gasteiger partial charge in [-0.25, -0.2) is 0 Å². The van der Waals surface area contributed by atoms with Crippen LogP contribution in [0.25, 0.3) is 0 Å². The van der Waals surface area contributed by atoms with E-state index in [1.165, 1.54) is 12.8 Å². The lowest BCUT2D eigenvalue weighted by atomic mass is 9.97. The van der Waals surface area contributed by atoms with Crippen molar-refractivity contribution in [1.82, 2.24) is 5.32 Å². The molecule has 5 heteroatoms.